The van der Waals surface area contributed by atoms with E-state index in [1.807, 2.05) is 37.0 Å². The molecule has 19 heavy (non-hydrogen) atoms. The van der Waals surface area contributed by atoms with E-state index in [-0.39, 0.29) is 6.54 Å². The molecule has 0 saturated heterocycles. The van der Waals surface area contributed by atoms with Gasteiger partial charge in [0, 0.05) is 32.5 Å². The number of guanidine groups is 1. The summed E-state index contributed by atoms with van der Waals surface area (Å²) in [5.74, 6) is 0.399. The van der Waals surface area contributed by atoms with Crippen LogP contribution in [0.25, 0.3) is 0 Å². The number of aromatic nitrogens is 1. The Bertz CT molecular complexity index is 409. The Morgan fingerprint density at radius 1 is 1.37 bits per heavy atom. The predicted octanol–water partition coefficient (Wildman–Crippen LogP) is 2.03. The Kier molecular flexibility index (Phi) is 5.72. The molecule has 0 aliphatic carbocycles. The van der Waals surface area contributed by atoms with Gasteiger partial charge in [0.05, 0.1) is 13.0 Å². The molecule has 7 heteroatoms. The molecule has 1 aromatic rings. The van der Waals surface area contributed by atoms with Crippen molar-refractivity contribution in [3.05, 3.63) is 24.0 Å². The second-order valence-corrected chi connectivity index (χ2v) is 4.17. The van der Waals surface area contributed by atoms with Crippen LogP contribution in [0.15, 0.2) is 23.5 Å². The summed E-state index contributed by atoms with van der Waals surface area (Å²) in [6.45, 7) is 2.72. The summed E-state index contributed by atoms with van der Waals surface area (Å²) >= 11 is 0. The lowest BCUT2D eigenvalue weighted by Crippen LogP contribution is -2.38. The Hall–Kier alpha value is -1.66. The number of rotatable bonds is 5. The number of hydrogen-bond acceptors (Lipinski definition) is 1. The van der Waals surface area contributed by atoms with Gasteiger partial charge in [0.1, 0.15) is 0 Å². The fraction of sp³-hybridized carbons (Fsp3) is 0.583. The minimum atomic E-state index is -4.15. The second-order valence-electron chi connectivity index (χ2n) is 4.17. The highest BCUT2D eigenvalue weighted by Gasteiger charge is 2.26. The van der Waals surface area contributed by atoms with Crippen LogP contribution in [0.3, 0.4) is 0 Å². The van der Waals surface area contributed by atoms with Crippen LogP contribution in [0.4, 0.5) is 13.2 Å². The summed E-state index contributed by atoms with van der Waals surface area (Å²) in [4.78, 5) is 4.23. The smallest absolute Gasteiger partial charge is 0.357 e. The molecular formula is C12H19F3N4. The van der Waals surface area contributed by atoms with E-state index in [9.17, 15) is 13.2 Å². The molecule has 108 valence electrons. The monoisotopic (exact) mass is 276 g/mol. The van der Waals surface area contributed by atoms with Gasteiger partial charge in [-0.1, -0.05) is 0 Å². The highest BCUT2D eigenvalue weighted by Crippen LogP contribution is 2.18. The van der Waals surface area contributed by atoms with E-state index in [0.717, 1.165) is 5.56 Å². The fourth-order valence-corrected chi connectivity index (χ4v) is 1.49. The lowest BCUT2D eigenvalue weighted by Gasteiger charge is -2.12. The average Bonchev–Trinajstić information content (AvgIpc) is 2.70. The SMILES string of the molecule is CCNC(=NCc1ccn(C)c1)NCCC(F)(F)F. The van der Waals surface area contributed by atoms with Crippen LogP contribution >= 0.6 is 0 Å². The van der Waals surface area contributed by atoms with Crippen molar-refractivity contribution >= 4 is 5.96 Å². The summed E-state index contributed by atoms with van der Waals surface area (Å²) < 4.78 is 38.0. The molecule has 2 N–H and O–H groups in total. The fourth-order valence-electron chi connectivity index (χ4n) is 1.49. The van der Waals surface area contributed by atoms with E-state index >= 15 is 0 Å². The second kappa shape index (κ2) is 7.06. The van der Waals surface area contributed by atoms with Crippen LogP contribution in [0.2, 0.25) is 0 Å². The number of halogens is 3. The molecule has 0 radical (unpaired) electrons. The van der Waals surface area contributed by atoms with Crippen molar-refractivity contribution in [2.24, 2.45) is 12.0 Å². The summed E-state index contributed by atoms with van der Waals surface area (Å²) in [6.07, 6.45) is -1.20. The van der Waals surface area contributed by atoms with Gasteiger partial charge in [-0.25, -0.2) is 4.99 Å². The van der Waals surface area contributed by atoms with E-state index < -0.39 is 12.6 Å². The van der Waals surface area contributed by atoms with Crippen LogP contribution in [-0.2, 0) is 13.6 Å². The number of nitrogens with one attached hydrogen (secondary N) is 2. The molecule has 0 saturated carbocycles. The van der Waals surface area contributed by atoms with Crippen LogP contribution < -0.4 is 10.6 Å². The average molecular weight is 276 g/mol. The zero-order chi connectivity index (χ0) is 14.3. The third kappa shape index (κ3) is 6.73. The van der Waals surface area contributed by atoms with Crippen LogP contribution in [0, 0.1) is 0 Å². The van der Waals surface area contributed by atoms with E-state index in [1.165, 1.54) is 0 Å². The van der Waals surface area contributed by atoms with Crippen molar-refractivity contribution in [2.45, 2.75) is 26.1 Å². The molecule has 0 atom stereocenters. The first-order valence-electron chi connectivity index (χ1n) is 6.10. The molecule has 0 aliphatic heterocycles. The van der Waals surface area contributed by atoms with E-state index in [4.69, 9.17) is 0 Å². The van der Waals surface area contributed by atoms with Gasteiger partial charge in [-0.05, 0) is 18.6 Å². The number of aryl methyl sites for hydroxylation is 1. The Balaban J connectivity index is 2.46. The van der Waals surface area contributed by atoms with Gasteiger partial charge in [0.2, 0.25) is 0 Å². The number of hydrogen-bond donors (Lipinski definition) is 2. The lowest BCUT2D eigenvalue weighted by atomic mass is 10.3. The quantitative estimate of drug-likeness (QED) is 0.638. The van der Waals surface area contributed by atoms with Gasteiger partial charge in [-0.15, -0.1) is 0 Å². The molecule has 0 bridgehead atoms. The zero-order valence-corrected chi connectivity index (χ0v) is 11.1. The summed E-state index contributed by atoms with van der Waals surface area (Å²) in [5, 5.41) is 5.58. The number of nitrogens with zero attached hydrogens (tertiary/aromatic N) is 2. The molecule has 1 rings (SSSR count). The summed E-state index contributed by atoms with van der Waals surface area (Å²) in [5.41, 5.74) is 1.01. The van der Waals surface area contributed by atoms with E-state index in [1.54, 1.807) is 0 Å². The van der Waals surface area contributed by atoms with Crippen molar-refractivity contribution in [1.29, 1.82) is 0 Å². The highest BCUT2D eigenvalue weighted by molar-refractivity contribution is 5.79. The number of aliphatic imine (C=N–C) groups is 1. The predicted molar refractivity (Wildman–Crippen MR) is 68.9 cm³/mol. The molecule has 0 amide bonds. The van der Waals surface area contributed by atoms with Crippen LogP contribution in [0.1, 0.15) is 18.9 Å². The minimum absolute atomic E-state index is 0.176. The Morgan fingerprint density at radius 2 is 2.11 bits per heavy atom. The van der Waals surface area contributed by atoms with Crippen molar-refractivity contribution in [3.63, 3.8) is 0 Å². The zero-order valence-electron chi connectivity index (χ0n) is 11.1. The molecule has 1 aromatic heterocycles. The first kappa shape index (κ1) is 15.4. The number of alkyl halides is 3. The summed E-state index contributed by atoms with van der Waals surface area (Å²) in [6, 6.07) is 1.92. The van der Waals surface area contributed by atoms with Gasteiger partial charge in [0.25, 0.3) is 0 Å². The maximum absolute atomic E-state index is 12.0. The Labute approximate surface area is 110 Å². The Morgan fingerprint density at radius 3 is 2.63 bits per heavy atom. The van der Waals surface area contributed by atoms with E-state index in [0.29, 0.717) is 19.0 Å². The maximum Gasteiger partial charge on any atom is 0.390 e. The van der Waals surface area contributed by atoms with Gasteiger partial charge >= 0.3 is 6.18 Å². The normalized spacial score (nSPS) is 12.6. The molecule has 0 spiro atoms. The van der Waals surface area contributed by atoms with Gasteiger partial charge in [0.15, 0.2) is 5.96 Å². The van der Waals surface area contributed by atoms with Crippen molar-refractivity contribution < 1.29 is 13.2 Å². The molecule has 0 fully saturated rings. The highest BCUT2D eigenvalue weighted by atomic mass is 19.4. The minimum Gasteiger partial charge on any atom is -0.357 e. The molecule has 4 nitrogen and oxygen atoms in total. The molecule has 0 aromatic carbocycles. The lowest BCUT2D eigenvalue weighted by molar-refractivity contribution is -0.132. The van der Waals surface area contributed by atoms with Crippen molar-refractivity contribution in [1.82, 2.24) is 15.2 Å². The van der Waals surface area contributed by atoms with Gasteiger partial charge in [-0.3, -0.25) is 0 Å². The molecular weight excluding hydrogens is 257 g/mol. The maximum atomic E-state index is 12.0. The summed E-state index contributed by atoms with van der Waals surface area (Å²) in [7, 11) is 1.90. The first-order chi connectivity index (χ1) is 8.90. The molecule has 0 unspecified atom stereocenters. The van der Waals surface area contributed by atoms with Gasteiger partial charge in [-0.2, -0.15) is 13.2 Å². The standard InChI is InChI=1S/C12H19F3N4/c1-3-16-11(17-6-5-12(13,14)15)18-8-10-4-7-19(2)9-10/h4,7,9H,3,5-6,8H2,1-2H3,(H2,16,17,18). The largest absolute Gasteiger partial charge is 0.390 e. The third-order valence-electron chi connectivity index (χ3n) is 2.36. The van der Waals surface area contributed by atoms with Crippen molar-refractivity contribution in [2.75, 3.05) is 13.1 Å². The van der Waals surface area contributed by atoms with E-state index in [2.05, 4.69) is 15.6 Å². The van der Waals surface area contributed by atoms with Crippen molar-refractivity contribution in [3.8, 4) is 0 Å². The van der Waals surface area contributed by atoms with Gasteiger partial charge < -0.3 is 15.2 Å². The first-order valence-corrected chi connectivity index (χ1v) is 6.10. The topological polar surface area (TPSA) is 41.4 Å². The molecule has 0 aliphatic rings. The third-order valence-corrected chi connectivity index (χ3v) is 2.36. The van der Waals surface area contributed by atoms with Crippen LogP contribution in [0.5, 0.6) is 0 Å². The van der Waals surface area contributed by atoms with Crippen LogP contribution in [-0.4, -0.2) is 29.8 Å². The molecule has 1 heterocycles.